The Labute approximate surface area is 120 Å². The third-order valence-electron chi connectivity index (χ3n) is 4.39. The molecule has 1 spiro atoms. The van der Waals surface area contributed by atoms with E-state index in [9.17, 15) is 4.79 Å². The minimum atomic E-state index is -0.172. The quantitative estimate of drug-likeness (QED) is 0.888. The van der Waals surface area contributed by atoms with Crippen molar-refractivity contribution in [2.24, 2.45) is 0 Å². The molecule has 1 aromatic carbocycles. The van der Waals surface area contributed by atoms with Gasteiger partial charge in [-0.25, -0.2) is 0 Å². The van der Waals surface area contributed by atoms with Crippen LogP contribution in [0.2, 0.25) is 0 Å². The van der Waals surface area contributed by atoms with Crippen molar-refractivity contribution in [2.75, 3.05) is 26.2 Å². The minimum Gasteiger partial charge on any atom is -0.362 e. The number of benzene rings is 1. The summed E-state index contributed by atoms with van der Waals surface area (Å²) in [5, 5.41) is 3.39. The van der Waals surface area contributed by atoms with E-state index in [4.69, 9.17) is 4.74 Å². The van der Waals surface area contributed by atoms with Crippen LogP contribution in [0.4, 0.5) is 0 Å². The van der Waals surface area contributed by atoms with Crippen LogP contribution >= 0.6 is 0 Å². The van der Waals surface area contributed by atoms with Crippen LogP contribution in [-0.2, 0) is 16.1 Å². The van der Waals surface area contributed by atoms with Crippen molar-refractivity contribution in [3.8, 4) is 0 Å². The zero-order valence-corrected chi connectivity index (χ0v) is 12.0. The normalized spacial score (nSPS) is 27.1. The lowest BCUT2D eigenvalue weighted by atomic mass is 9.91. The fourth-order valence-electron chi connectivity index (χ4n) is 3.12. The maximum atomic E-state index is 12.1. The lowest BCUT2D eigenvalue weighted by Gasteiger charge is -2.44. The van der Waals surface area contributed by atoms with E-state index >= 15 is 0 Å². The van der Waals surface area contributed by atoms with E-state index in [1.165, 1.54) is 11.1 Å². The summed E-state index contributed by atoms with van der Waals surface area (Å²) >= 11 is 0. The minimum absolute atomic E-state index is 0.101. The Kier molecular flexibility index (Phi) is 3.76. The summed E-state index contributed by atoms with van der Waals surface area (Å²) in [5.74, 6) is 0.101. The molecule has 1 N–H and O–H groups in total. The molecule has 2 aliphatic heterocycles. The number of ether oxygens (including phenoxy) is 1. The molecule has 0 radical (unpaired) electrons. The van der Waals surface area contributed by atoms with Crippen molar-refractivity contribution in [1.29, 1.82) is 0 Å². The van der Waals surface area contributed by atoms with Crippen molar-refractivity contribution in [3.05, 3.63) is 35.4 Å². The van der Waals surface area contributed by atoms with Gasteiger partial charge in [0.25, 0.3) is 0 Å². The van der Waals surface area contributed by atoms with Gasteiger partial charge in [0.2, 0.25) is 5.91 Å². The Morgan fingerprint density at radius 2 is 2.25 bits per heavy atom. The largest absolute Gasteiger partial charge is 0.362 e. The predicted octanol–water partition coefficient (Wildman–Crippen LogP) is 1.48. The Bertz CT molecular complexity index is 495. The van der Waals surface area contributed by atoms with Crippen LogP contribution in [0.25, 0.3) is 0 Å². The summed E-state index contributed by atoms with van der Waals surface area (Å²) in [6, 6.07) is 8.26. The first kappa shape index (κ1) is 13.6. The maximum absolute atomic E-state index is 12.1. The van der Waals surface area contributed by atoms with Gasteiger partial charge in [-0.2, -0.15) is 0 Å². The third kappa shape index (κ3) is 2.72. The number of nitrogens with one attached hydrogen (secondary N) is 1. The van der Waals surface area contributed by atoms with E-state index < -0.39 is 0 Å². The topological polar surface area (TPSA) is 41.6 Å². The molecule has 2 aliphatic rings. The van der Waals surface area contributed by atoms with Crippen LogP contribution in [0.15, 0.2) is 24.3 Å². The molecule has 0 saturated carbocycles. The second kappa shape index (κ2) is 5.54. The number of aryl methyl sites for hydroxylation is 1. The molecule has 0 bridgehead atoms. The Hall–Kier alpha value is -1.39. The zero-order chi connectivity index (χ0) is 14.0. The summed E-state index contributed by atoms with van der Waals surface area (Å²) in [6.45, 7) is 5.61. The molecule has 1 amide bonds. The first-order chi connectivity index (χ1) is 9.69. The Morgan fingerprint density at radius 1 is 1.40 bits per heavy atom. The number of nitrogens with zero attached hydrogens (tertiary/aromatic N) is 1. The summed E-state index contributed by atoms with van der Waals surface area (Å²) in [7, 11) is 0. The van der Waals surface area contributed by atoms with Crippen LogP contribution in [0.1, 0.15) is 24.0 Å². The average molecular weight is 274 g/mol. The summed E-state index contributed by atoms with van der Waals surface area (Å²) < 4.78 is 5.86. The van der Waals surface area contributed by atoms with Crippen LogP contribution < -0.4 is 5.32 Å². The smallest absolute Gasteiger partial charge is 0.249 e. The van der Waals surface area contributed by atoms with Gasteiger partial charge in [0.05, 0.1) is 12.1 Å². The van der Waals surface area contributed by atoms with Crippen LogP contribution in [0.3, 0.4) is 0 Å². The highest BCUT2D eigenvalue weighted by Crippen LogP contribution is 2.27. The molecule has 4 heteroatoms. The van der Waals surface area contributed by atoms with Gasteiger partial charge < -0.3 is 15.0 Å². The fourth-order valence-corrected chi connectivity index (χ4v) is 3.12. The molecule has 2 saturated heterocycles. The van der Waals surface area contributed by atoms with Gasteiger partial charge in [0.15, 0.2) is 0 Å². The standard InChI is InChI=1S/C16H22N2O2/c1-13-5-2-3-6-14(13)9-18-12-16(20-10-15(18)19)7-4-8-17-11-16/h2-3,5-6,17H,4,7-12H2,1H3. The number of morpholine rings is 1. The number of rotatable bonds is 2. The second-order valence-electron chi connectivity index (χ2n) is 5.93. The maximum Gasteiger partial charge on any atom is 0.249 e. The highest BCUT2D eigenvalue weighted by molar-refractivity contribution is 5.78. The van der Waals surface area contributed by atoms with Crippen molar-refractivity contribution >= 4 is 5.91 Å². The highest BCUT2D eigenvalue weighted by atomic mass is 16.5. The number of piperidine rings is 1. The van der Waals surface area contributed by atoms with Crippen molar-refractivity contribution in [1.82, 2.24) is 10.2 Å². The molecule has 1 atom stereocenters. The molecule has 3 rings (SSSR count). The van der Waals surface area contributed by atoms with Crippen LogP contribution in [-0.4, -0.2) is 42.6 Å². The number of amides is 1. The lowest BCUT2D eigenvalue weighted by Crippen LogP contribution is -2.60. The van der Waals surface area contributed by atoms with Crippen molar-refractivity contribution in [2.45, 2.75) is 31.9 Å². The molecule has 20 heavy (non-hydrogen) atoms. The molecule has 0 aromatic heterocycles. The Morgan fingerprint density at radius 3 is 3.00 bits per heavy atom. The van der Waals surface area contributed by atoms with Gasteiger partial charge in [0.1, 0.15) is 6.61 Å². The summed E-state index contributed by atoms with van der Waals surface area (Å²) in [6.07, 6.45) is 2.16. The van der Waals surface area contributed by atoms with E-state index in [-0.39, 0.29) is 18.1 Å². The lowest BCUT2D eigenvalue weighted by molar-refractivity contribution is -0.167. The number of hydrogen-bond acceptors (Lipinski definition) is 3. The number of carbonyl (C=O) groups is 1. The second-order valence-corrected chi connectivity index (χ2v) is 5.93. The number of hydrogen-bond donors (Lipinski definition) is 1. The average Bonchev–Trinajstić information content (AvgIpc) is 2.47. The van der Waals surface area contributed by atoms with E-state index in [1.807, 2.05) is 17.0 Å². The van der Waals surface area contributed by atoms with Gasteiger partial charge in [0, 0.05) is 13.1 Å². The molecular weight excluding hydrogens is 252 g/mol. The van der Waals surface area contributed by atoms with E-state index in [2.05, 4.69) is 24.4 Å². The molecule has 2 heterocycles. The number of carbonyl (C=O) groups excluding carboxylic acids is 1. The monoisotopic (exact) mass is 274 g/mol. The summed E-state index contributed by atoms with van der Waals surface area (Å²) in [5.41, 5.74) is 2.29. The molecule has 1 aromatic rings. The fraction of sp³-hybridized carbons (Fsp3) is 0.562. The van der Waals surface area contributed by atoms with Crippen molar-refractivity contribution < 1.29 is 9.53 Å². The van der Waals surface area contributed by atoms with Gasteiger partial charge in [-0.1, -0.05) is 24.3 Å². The van der Waals surface area contributed by atoms with Crippen LogP contribution in [0.5, 0.6) is 0 Å². The van der Waals surface area contributed by atoms with Gasteiger partial charge in [-0.3, -0.25) is 4.79 Å². The van der Waals surface area contributed by atoms with Crippen LogP contribution in [0, 0.1) is 6.92 Å². The molecule has 1 unspecified atom stereocenters. The van der Waals surface area contributed by atoms with Crippen molar-refractivity contribution in [3.63, 3.8) is 0 Å². The van der Waals surface area contributed by atoms with Gasteiger partial charge in [-0.05, 0) is 37.4 Å². The SMILES string of the molecule is Cc1ccccc1CN1CC2(CCCNC2)OCC1=O. The van der Waals surface area contributed by atoms with Gasteiger partial charge >= 0.3 is 0 Å². The first-order valence-electron chi connectivity index (χ1n) is 7.36. The zero-order valence-electron chi connectivity index (χ0n) is 12.0. The van der Waals surface area contributed by atoms with Gasteiger partial charge in [-0.15, -0.1) is 0 Å². The van der Waals surface area contributed by atoms with E-state index in [0.717, 1.165) is 25.9 Å². The predicted molar refractivity (Wildman–Crippen MR) is 77.4 cm³/mol. The van der Waals surface area contributed by atoms with E-state index in [0.29, 0.717) is 13.1 Å². The van der Waals surface area contributed by atoms with E-state index in [1.54, 1.807) is 0 Å². The molecule has 2 fully saturated rings. The molecule has 4 nitrogen and oxygen atoms in total. The summed E-state index contributed by atoms with van der Waals surface area (Å²) in [4.78, 5) is 14.1. The third-order valence-corrected chi connectivity index (χ3v) is 4.39. The molecule has 0 aliphatic carbocycles. The molecule has 108 valence electrons. The first-order valence-corrected chi connectivity index (χ1v) is 7.36. The Balaban J connectivity index is 1.74. The molecular formula is C16H22N2O2. The highest BCUT2D eigenvalue weighted by Gasteiger charge is 2.40.